The molecule has 88 valence electrons. The Morgan fingerprint density at radius 2 is 2.31 bits per heavy atom. The Kier molecular flexibility index (Phi) is 4.88. The van der Waals surface area contributed by atoms with Crippen molar-refractivity contribution in [2.75, 3.05) is 6.61 Å². The van der Waals surface area contributed by atoms with Crippen molar-refractivity contribution >= 4 is 5.91 Å². The van der Waals surface area contributed by atoms with Gasteiger partial charge in [0, 0.05) is 6.61 Å². The van der Waals surface area contributed by atoms with Gasteiger partial charge in [0.1, 0.15) is 5.69 Å². The quantitative estimate of drug-likeness (QED) is 0.441. The number of hydrogen-bond acceptors (Lipinski definition) is 4. The topological polar surface area (TPSA) is 77.2 Å². The molecule has 0 fully saturated rings. The summed E-state index contributed by atoms with van der Waals surface area (Å²) in [5, 5.41) is 0. The number of hydrogen-bond donors (Lipinski definition) is 2. The zero-order valence-corrected chi connectivity index (χ0v) is 9.56. The van der Waals surface area contributed by atoms with Crippen LogP contribution in [0, 0.1) is 5.92 Å². The van der Waals surface area contributed by atoms with E-state index in [0.717, 1.165) is 5.69 Å². The molecule has 0 saturated carbocycles. The highest BCUT2D eigenvalue weighted by Gasteiger charge is 2.05. The monoisotopic (exact) mass is 223 g/mol. The summed E-state index contributed by atoms with van der Waals surface area (Å²) in [6.45, 7) is 5.23. The van der Waals surface area contributed by atoms with Crippen LogP contribution in [0.25, 0.3) is 0 Å². The maximum absolute atomic E-state index is 11.2. The lowest BCUT2D eigenvalue weighted by Crippen LogP contribution is -2.30. The lowest BCUT2D eigenvalue weighted by molar-refractivity contribution is 0.0922. The van der Waals surface area contributed by atoms with Crippen LogP contribution in [0.5, 0.6) is 0 Å². The smallest absolute Gasteiger partial charge is 0.283 e. The van der Waals surface area contributed by atoms with Crippen LogP contribution < -0.4 is 11.3 Å². The standard InChI is InChI=1S/C11H17N3O2/c1-8(2)6-16-7-9-4-3-5-10(13-9)11(15)14-12/h3-5,8H,6-7,12H2,1-2H3,(H,14,15). The summed E-state index contributed by atoms with van der Waals surface area (Å²) < 4.78 is 5.42. The summed E-state index contributed by atoms with van der Waals surface area (Å²) in [6.07, 6.45) is 0. The summed E-state index contributed by atoms with van der Waals surface area (Å²) in [5.41, 5.74) is 3.06. The van der Waals surface area contributed by atoms with Crippen molar-refractivity contribution < 1.29 is 9.53 Å². The molecule has 0 aliphatic rings. The zero-order chi connectivity index (χ0) is 12.0. The fourth-order valence-corrected chi connectivity index (χ4v) is 1.16. The first-order chi connectivity index (χ1) is 7.63. The van der Waals surface area contributed by atoms with E-state index in [0.29, 0.717) is 24.8 Å². The normalized spacial score (nSPS) is 10.5. The first-order valence-corrected chi connectivity index (χ1v) is 5.18. The van der Waals surface area contributed by atoms with Crippen molar-refractivity contribution in [2.24, 2.45) is 11.8 Å². The van der Waals surface area contributed by atoms with Crippen LogP contribution in [0.2, 0.25) is 0 Å². The molecular weight excluding hydrogens is 206 g/mol. The summed E-state index contributed by atoms with van der Waals surface area (Å²) in [7, 11) is 0. The van der Waals surface area contributed by atoms with Crippen molar-refractivity contribution in [3.05, 3.63) is 29.6 Å². The largest absolute Gasteiger partial charge is 0.375 e. The molecule has 3 N–H and O–H groups in total. The predicted octanol–water partition coefficient (Wildman–Crippen LogP) is 0.858. The highest BCUT2D eigenvalue weighted by molar-refractivity contribution is 5.91. The van der Waals surface area contributed by atoms with Crippen molar-refractivity contribution in [1.82, 2.24) is 10.4 Å². The molecule has 1 heterocycles. The van der Waals surface area contributed by atoms with Gasteiger partial charge < -0.3 is 4.74 Å². The maximum Gasteiger partial charge on any atom is 0.283 e. The van der Waals surface area contributed by atoms with Crippen LogP contribution in [0.1, 0.15) is 30.0 Å². The van der Waals surface area contributed by atoms with E-state index in [1.54, 1.807) is 12.1 Å². The van der Waals surface area contributed by atoms with E-state index < -0.39 is 5.91 Å². The van der Waals surface area contributed by atoms with Gasteiger partial charge in [-0.25, -0.2) is 10.8 Å². The Labute approximate surface area is 95.0 Å². The number of ether oxygens (including phenoxy) is 1. The molecule has 1 amide bonds. The van der Waals surface area contributed by atoms with Gasteiger partial charge in [0.25, 0.3) is 5.91 Å². The second kappa shape index (κ2) is 6.19. The first-order valence-electron chi connectivity index (χ1n) is 5.18. The molecule has 1 rings (SSSR count). The Balaban J connectivity index is 2.57. The van der Waals surface area contributed by atoms with E-state index in [4.69, 9.17) is 10.6 Å². The average molecular weight is 223 g/mol. The third-order valence-electron chi connectivity index (χ3n) is 1.87. The second-order valence-electron chi connectivity index (χ2n) is 3.90. The van der Waals surface area contributed by atoms with Crippen LogP contribution in [0.15, 0.2) is 18.2 Å². The van der Waals surface area contributed by atoms with Crippen molar-refractivity contribution in [3.8, 4) is 0 Å². The Morgan fingerprint density at radius 1 is 1.56 bits per heavy atom. The first kappa shape index (κ1) is 12.6. The highest BCUT2D eigenvalue weighted by atomic mass is 16.5. The van der Waals surface area contributed by atoms with E-state index in [1.165, 1.54) is 0 Å². The number of hydrazine groups is 1. The van der Waals surface area contributed by atoms with Gasteiger partial charge in [-0.15, -0.1) is 0 Å². The number of nitrogens with zero attached hydrogens (tertiary/aromatic N) is 1. The van der Waals surface area contributed by atoms with Gasteiger partial charge in [-0.3, -0.25) is 10.2 Å². The molecule has 0 bridgehead atoms. The number of rotatable bonds is 5. The number of nitrogen functional groups attached to an aromatic ring is 1. The summed E-state index contributed by atoms with van der Waals surface area (Å²) in [4.78, 5) is 15.3. The predicted molar refractivity (Wildman–Crippen MR) is 60.4 cm³/mol. The number of nitrogens with one attached hydrogen (secondary N) is 1. The van der Waals surface area contributed by atoms with Crippen LogP contribution >= 0.6 is 0 Å². The van der Waals surface area contributed by atoms with Gasteiger partial charge >= 0.3 is 0 Å². The van der Waals surface area contributed by atoms with E-state index in [9.17, 15) is 4.79 Å². The van der Waals surface area contributed by atoms with Gasteiger partial charge in [0.05, 0.1) is 12.3 Å². The Bertz CT molecular complexity index is 353. The summed E-state index contributed by atoms with van der Waals surface area (Å²) in [5.74, 6) is 5.11. The molecule has 0 atom stereocenters. The van der Waals surface area contributed by atoms with Crippen molar-refractivity contribution in [2.45, 2.75) is 20.5 Å². The van der Waals surface area contributed by atoms with Gasteiger partial charge in [0.2, 0.25) is 0 Å². The van der Waals surface area contributed by atoms with E-state index in [-0.39, 0.29) is 0 Å². The van der Waals surface area contributed by atoms with Crippen LogP contribution in [0.4, 0.5) is 0 Å². The lowest BCUT2D eigenvalue weighted by atomic mass is 10.2. The number of nitrogens with two attached hydrogens (primary N) is 1. The summed E-state index contributed by atoms with van der Waals surface area (Å²) in [6, 6.07) is 5.17. The number of pyridine rings is 1. The molecule has 0 saturated heterocycles. The zero-order valence-electron chi connectivity index (χ0n) is 9.56. The van der Waals surface area contributed by atoms with Gasteiger partial charge in [-0.2, -0.15) is 0 Å². The maximum atomic E-state index is 11.2. The fraction of sp³-hybridized carbons (Fsp3) is 0.455. The molecule has 5 nitrogen and oxygen atoms in total. The molecule has 0 unspecified atom stereocenters. The van der Waals surface area contributed by atoms with Crippen LogP contribution in [-0.2, 0) is 11.3 Å². The van der Waals surface area contributed by atoms with Gasteiger partial charge in [0.15, 0.2) is 0 Å². The Hall–Kier alpha value is -1.46. The van der Waals surface area contributed by atoms with E-state index >= 15 is 0 Å². The third-order valence-corrected chi connectivity index (χ3v) is 1.87. The Morgan fingerprint density at radius 3 is 2.94 bits per heavy atom. The average Bonchev–Trinajstić information content (AvgIpc) is 2.28. The number of carbonyl (C=O) groups is 1. The van der Waals surface area contributed by atoms with Crippen molar-refractivity contribution in [3.63, 3.8) is 0 Å². The number of aromatic nitrogens is 1. The molecule has 0 radical (unpaired) electrons. The molecule has 0 aliphatic heterocycles. The van der Waals surface area contributed by atoms with Gasteiger partial charge in [-0.1, -0.05) is 19.9 Å². The van der Waals surface area contributed by atoms with Crippen LogP contribution in [0.3, 0.4) is 0 Å². The molecule has 5 heteroatoms. The number of carbonyl (C=O) groups excluding carboxylic acids is 1. The molecule has 0 aliphatic carbocycles. The minimum atomic E-state index is -0.397. The summed E-state index contributed by atoms with van der Waals surface area (Å²) >= 11 is 0. The minimum Gasteiger partial charge on any atom is -0.375 e. The molecule has 1 aromatic heterocycles. The molecule has 16 heavy (non-hydrogen) atoms. The highest BCUT2D eigenvalue weighted by Crippen LogP contribution is 2.02. The molecule has 0 aromatic carbocycles. The molecule has 1 aromatic rings. The molecular formula is C11H17N3O2. The number of amides is 1. The second-order valence-corrected chi connectivity index (χ2v) is 3.90. The molecule has 0 spiro atoms. The van der Waals surface area contributed by atoms with Crippen LogP contribution in [-0.4, -0.2) is 17.5 Å². The fourth-order valence-electron chi connectivity index (χ4n) is 1.16. The third kappa shape index (κ3) is 3.96. The van der Waals surface area contributed by atoms with Crippen molar-refractivity contribution in [1.29, 1.82) is 0 Å². The van der Waals surface area contributed by atoms with E-state index in [2.05, 4.69) is 18.8 Å². The SMILES string of the molecule is CC(C)COCc1cccc(C(=O)NN)n1. The minimum absolute atomic E-state index is 0.299. The van der Waals surface area contributed by atoms with Gasteiger partial charge in [-0.05, 0) is 18.1 Å². The lowest BCUT2D eigenvalue weighted by Gasteiger charge is -2.07. The van der Waals surface area contributed by atoms with E-state index in [1.807, 2.05) is 11.5 Å².